The van der Waals surface area contributed by atoms with Crippen LogP contribution in [0.1, 0.15) is 5.69 Å². The molecule has 15 heavy (non-hydrogen) atoms. The molecule has 2 aromatic rings. The Morgan fingerprint density at radius 3 is 2.67 bits per heavy atom. The fraction of sp³-hybridized carbons (Fsp3) is 0.250. The summed E-state index contributed by atoms with van der Waals surface area (Å²) in [4.78, 5) is 6.56. The summed E-state index contributed by atoms with van der Waals surface area (Å²) in [5.41, 5.74) is 3.08. The number of benzene rings is 1. The number of anilines is 1. The van der Waals surface area contributed by atoms with Gasteiger partial charge in [-0.15, -0.1) is 11.6 Å². The number of aromatic nitrogens is 1. The summed E-state index contributed by atoms with van der Waals surface area (Å²) in [5, 5.41) is 1.16. The summed E-state index contributed by atoms with van der Waals surface area (Å²) in [6.07, 6.45) is 0. The summed E-state index contributed by atoms with van der Waals surface area (Å²) >= 11 is 5.82. The average molecular weight is 221 g/mol. The Bertz CT molecular complexity index is 480. The zero-order valence-corrected chi connectivity index (χ0v) is 9.62. The van der Waals surface area contributed by atoms with Gasteiger partial charge < -0.3 is 4.90 Å². The first-order valence-corrected chi connectivity index (χ1v) is 5.38. The van der Waals surface area contributed by atoms with Gasteiger partial charge in [-0.25, -0.2) is 0 Å². The van der Waals surface area contributed by atoms with E-state index in [0.717, 1.165) is 22.3 Å². The Hall–Kier alpha value is -1.28. The minimum atomic E-state index is 0.450. The van der Waals surface area contributed by atoms with Crippen LogP contribution in [0, 0.1) is 0 Å². The van der Waals surface area contributed by atoms with E-state index < -0.39 is 0 Å². The Morgan fingerprint density at radius 2 is 2.00 bits per heavy atom. The predicted octanol–water partition coefficient (Wildman–Crippen LogP) is 3.04. The zero-order chi connectivity index (χ0) is 10.8. The van der Waals surface area contributed by atoms with Crippen molar-refractivity contribution in [1.82, 2.24) is 4.98 Å². The second kappa shape index (κ2) is 4.07. The van der Waals surface area contributed by atoms with Gasteiger partial charge in [-0.05, 0) is 12.1 Å². The molecule has 1 aromatic carbocycles. The van der Waals surface area contributed by atoms with Crippen LogP contribution in [0.25, 0.3) is 10.9 Å². The summed E-state index contributed by atoms with van der Waals surface area (Å²) in [5.74, 6) is 0.450. The highest BCUT2D eigenvalue weighted by Gasteiger charge is 2.05. The van der Waals surface area contributed by atoms with Crippen molar-refractivity contribution in [1.29, 1.82) is 0 Å². The van der Waals surface area contributed by atoms with Crippen molar-refractivity contribution in [3.05, 3.63) is 36.0 Å². The Balaban J connectivity index is 2.74. The third-order valence-corrected chi connectivity index (χ3v) is 2.64. The molecule has 0 aliphatic rings. The maximum Gasteiger partial charge on any atom is 0.0726 e. The van der Waals surface area contributed by atoms with E-state index in [9.17, 15) is 0 Å². The van der Waals surface area contributed by atoms with Gasteiger partial charge in [-0.2, -0.15) is 0 Å². The van der Waals surface area contributed by atoms with Crippen molar-refractivity contribution in [2.75, 3.05) is 19.0 Å². The van der Waals surface area contributed by atoms with Crippen LogP contribution < -0.4 is 4.90 Å². The SMILES string of the molecule is CN(C)c1cc(CCl)nc2ccccc12. The molecule has 1 heterocycles. The quantitative estimate of drug-likeness (QED) is 0.724. The standard InChI is InChI=1S/C12H13ClN2/c1-15(2)12-7-9(8-13)14-11-6-4-3-5-10(11)12/h3-7H,8H2,1-2H3. The molecule has 3 heteroatoms. The van der Waals surface area contributed by atoms with E-state index in [-0.39, 0.29) is 0 Å². The molecule has 0 spiro atoms. The van der Waals surface area contributed by atoms with Gasteiger partial charge >= 0.3 is 0 Å². The molecule has 0 aliphatic heterocycles. The molecule has 0 unspecified atom stereocenters. The lowest BCUT2D eigenvalue weighted by atomic mass is 10.1. The van der Waals surface area contributed by atoms with Crippen molar-refractivity contribution in [3.8, 4) is 0 Å². The second-order valence-corrected chi connectivity index (χ2v) is 3.95. The van der Waals surface area contributed by atoms with E-state index in [4.69, 9.17) is 11.6 Å². The minimum absolute atomic E-state index is 0.450. The number of para-hydroxylation sites is 1. The fourth-order valence-electron chi connectivity index (χ4n) is 1.65. The molecule has 1 aromatic heterocycles. The predicted molar refractivity (Wildman–Crippen MR) is 65.6 cm³/mol. The van der Waals surface area contributed by atoms with Crippen LogP contribution in [0.2, 0.25) is 0 Å². The fourth-order valence-corrected chi connectivity index (χ4v) is 1.79. The molecule has 78 valence electrons. The number of halogens is 1. The van der Waals surface area contributed by atoms with Gasteiger partial charge in [0.1, 0.15) is 0 Å². The summed E-state index contributed by atoms with van der Waals surface area (Å²) < 4.78 is 0. The molecule has 0 saturated carbocycles. The lowest BCUT2D eigenvalue weighted by Crippen LogP contribution is -2.10. The summed E-state index contributed by atoms with van der Waals surface area (Å²) in [6.45, 7) is 0. The highest BCUT2D eigenvalue weighted by molar-refractivity contribution is 6.17. The van der Waals surface area contributed by atoms with Crippen LogP contribution >= 0.6 is 11.6 Å². The van der Waals surface area contributed by atoms with E-state index in [2.05, 4.69) is 16.0 Å². The molecule has 0 bridgehead atoms. The molecule has 2 nitrogen and oxygen atoms in total. The first-order valence-electron chi connectivity index (χ1n) is 4.84. The number of alkyl halides is 1. The second-order valence-electron chi connectivity index (χ2n) is 3.68. The topological polar surface area (TPSA) is 16.1 Å². The smallest absolute Gasteiger partial charge is 0.0726 e. The normalized spacial score (nSPS) is 10.6. The molecule has 0 aliphatic carbocycles. The lowest BCUT2D eigenvalue weighted by Gasteiger charge is -2.16. The highest BCUT2D eigenvalue weighted by Crippen LogP contribution is 2.25. The van der Waals surface area contributed by atoms with Crippen LogP contribution in [-0.2, 0) is 5.88 Å². The molecule has 0 radical (unpaired) electrons. The van der Waals surface area contributed by atoms with Crippen LogP contribution in [0.4, 0.5) is 5.69 Å². The van der Waals surface area contributed by atoms with E-state index in [0.29, 0.717) is 5.88 Å². The number of fused-ring (bicyclic) bond motifs is 1. The van der Waals surface area contributed by atoms with Crippen molar-refractivity contribution < 1.29 is 0 Å². The maximum absolute atomic E-state index is 5.82. The molecular weight excluding hydrogens is 208 g/mol. The number of nitrogens with zero attached hydrogens (tertiary/aromatic N) is 2. The average Bonchev–Trinajstić information content (AvgIpc) is 2.27. The first kappa shape index (κ1) is 10.2. The van der Waals surface area contributed by atoms with E-state index in [1.807, 2.05) is 38.4 Å². The molecule has 0 N–H and O–H groups in total. The number of pyridine rings is 1. The monoisotopic (exact) mass is 220 g/mol. The van der Waals surface area contributed by atoms with Crippen molar-refractivity contribution in [2.24, 2.45) is 0 Å². The summed E-state index contributed by atoms with van der Waals surface area (Å²) in [6, 6.07) is 10.1. The Labute approximate surface area is 94.5 Å². The van der Waals surface area contributed by atoms with Gasteiger partial charge in [-0.3, -0.25) is 4.98 Å². The largest absolute Gasteiger partial charge is 0.377 e. The van der Waals surface area contributed by atoms with Gasteiger partial charge in [0.2, 0.25) is 0 Å². The van der Waals surface area contributed by atoms with Crippen LogP contribution in [-0.4, -0.2) is 19.1 Å². The van der Waals surface area contributed by atoms with E-state index in [1.54, 1.807) is 0 Å². The van der Waals surface area contributed by atoms with Crippen LogP contribution in [0.5, 0.6) is 0 Å². The van der Waals surface area contributed by atoms with Gasteiger partial charge in [0.05, 0.1) is 17.1 Å². The number of hydrogen-bond acceptors (Lipinski definition) is 2. The van der Waals surface area contributed by atoms with Gasteiger partial charge in [0, 0.05) is 25.2 Å². The van der Waals surface area contributed by atoms with E-state index in [1.165, 1.54) is 0 Å². The third-order valence-electron chi connectivity index (χ3n) is 2.37. The van der Waals surface area contributed by atoms with Gasteiger partial charge in [0.15, 0.2) is 0 Å². The van der Waals surface area contributed by atoms with Crippen molar-refractivity contribution >= 4 is 28.2 Å². The molecule has 0 atom stereocenters. The molecule has 2 rings (SSSR count). The van der Waals surface area contributed by atoms with Crippen LogP contribution in [0.3, 0.4) is 0 Å². The first-order chi connectivity index (χ1) is 7.22. The van der Waals surface area contributed by atoms with Crippen molar-refractivity contribution in [3.63, 3.8) is 0 Å². The minimum Gasteiger partial charge on any atom is -0.377 e. The molecular formula is C12H13ClN2. The Kier molecular flexibility index (Phi) is 2.78. The zero-order valence-electron chi connectivity index (χ0n) is 8.87. The summed E-state index contributed by atoms with van der Waals surface area (Å²) in [7, 11) is 4.06. The highest BCUT2D eigenvalue weighted by atomic mass is 35.5. The third kappa shape index (κ3) is 1.90. The van der Waals surface area contributed by atoms with Gasteiger partial charge in [-0.1, -0.05) is 18.2 Å². The Morgan fingerprint density at radius 1 is 1.27 bits per heavy atom. The number of rotatable bonds is 2. The molecule has 0 fully saturated rings. The van der Waals surface area contributed by atoms with E-state index >= 15 is 0 Å². The number of hydrogen-bond donors (Lipinski definition) is 0. The molecule has 0 amide bonds. The molecule has 0 saturated heterocycles. The lowest BCUT2D eigenvalue weighted by molar-refractivity contribution is 1.12. The van der Waals surface area contributed by atoms with Crippen LogP contribution in [0.15, 0.2) is 30.3 Å². The van der Waals surface area contributed by atoms with Gasteiger partial charge in [0.25, 0.3) is 0 Å². The maximum atomic E-state index is 5.82. The van der Waals surface area contributed by atoms with Crippen molar-refractivity contribution in [2.45, 2.75) is 5.88 Å².